The summed E-state index contributed by atoms with van der Waals surface area (Å²) in [7, 11) is 0. The fourth-order valence-electron chi connectivity index (χ4n) is 7.54. The molecular weight excluding hydrogens is 611 g/mol. The van der Waals surface area contributed by atoms with Crippen LogP contribution in [0.1, 0.15) is 11.1 Å². The monoisotopic (exact) mass is 635 g/mol. The Balaban J connectivity index is 1.33. The fraction of sp³-hybridized carbons (Fsp3) is 0. The van der Waals surface area contributed by atoms with Crippen molar-refractivity contribution >= 4 is 49.3 Å². The van der Waals surface area contributed by atoms with Gasteiger partial charge in [-0.15, -0.1) is 0 Å². The highest BCUT2D eigenvalue weighted by Gasteiger charge is 2.22. The van der Waals surface area contributed by atoms with E-state index in [1.54, 1.807) is 0 Å². The molecule has 0 unspecified atom stereocenters. The number of hydrogen-bond donors (Lipinski definition) is 0. The first-order valence-corrected chi connectivity index (χ1v) is 16.3. The smallest absolute Gasteiger partial charge is 0.211 e. The third-order valence-electron chi connectivity index (χ3n) is 9.61. The average Bonchev–Trinajstić information content (AvgIpc) is 3.69. The third-order valence-corrected chi connectivity index (χ3v) is 9.61. The molecule has 7 aromatic carbocycles. The zero-order chi connectivity index (χ0) is 33.8. The van der Waals surface area contributed by atoms with Crippen LogP contribution < -0.4 is 0 Å². The van der Waals surface area contributed by atoms with Gasteiger partial charge in [0.1, 0.15) is 0 Å². The van der Waals surface area contributed by atoms with Gasteiger partial charge in [-0.2, -0.15) is 10.5 Å². The summed E-state index contributed by atoms with van der Waals surface area (Å²) in [6.07, 6.45) is 0. The lowest BCUT2D eigenvalue weighted by Gasteiger charge is -2.19. The molecule has 2 aromatic heterocycles. The Morgan fingerprint density at radius 2 is 1.10 bits per heavy atom. The Hall–Kier alpha value is -7.39. The van der Waals surface area contributed by atoms with E-state index in [1.807, 2.05) is 97.1 Å². The molecule has 0 amide bonds. The van der Waals surface area contributed by atoms with E-state index in [-0.39, 0.29) is 0 Å². The van der Waals surface area contributed by atoms with Gasteiger partial charge in [0, 0.05) is 32.8 Å². The summed E-state index contributed by atoms with van der Waals surface area (Å²) in [4.78, 5) is 4.03. The van der Waals surface area contributed by atoms with Crippen LogP contribution in [0.2, 0.25) is 0 Å². The standard InChI is InChI=1S/C45H25N5/c1-48-39-19-10-18-37(45(39)50-41-21-6-2-14-33(41)34-15-3-7-22-42(34)50)36-17-9-12-31(28-47)44(36)30-11-8-13-32(26-30)49-40-20-5-4-16-35(40)38-25-29(27-46)23-24-43(38)49/h2-26H. The highest BCUT2D eigenvalue weighted by Crippen LogP contribution is 2.44. The number of aromatic nitrogens is 2. The van der Waals surface area contributed by atoms with Crippen LogP contribution in [0.15, 0.2) is 152 Å². The molecule has 0 spiro atoms. The number of fused-ring (bicyclic) bond motifs is 6. The zero-order valence-corrected chi connectivity index (χ0v) is 26.7. The first-order valence-electron chi connectivity index (χ1n) is 16.3. The van der Waals surface area contributed by atoms with Crippen molar-refractivity contribution in [2.75, 3.05) is 0 Å². The number of benzene rings is 7. The molecule has 0 fully saturated rings. The van der Waals surface area contributed by atoms with Crippen LogP contribution in [0.5, 0.6) is 0 Å². The predicted molar refractivity (Wildman–Crippen MR) is 202 cm³/mol. The normalized spacial score (nSPS) is 11.1. The SMILES string of the molecule is [C-]#[N+]c1cccc(-c2cccc(C#N)c2-c2cccc(-n3c4ccccc4c4cc(C#N)ccc43)c2)c1-n1c2ccccc2c2ccccc21. The van der Waals surface area contributed by atoms with Crippen LogP contribution >= 0.6 is 0 Å². The van der Waals surface area contributed by atoms with Crippen LogP contribution in [-0.4, -0.2) is 9.13 Å². The van der Waals surface area contributed by atoms with Crippen molar-refractivity contribution in [2.24, 2.45) is 0 Å². The second kappa shape index (κ2) is 11.4. The second-order valence-electron chi connectivity index (χ2n) is 12.2. The maximum atomic E-state index is 10.5. The highest BCUT2D eigenvalue weighted by molar-refractivity contribution is 6.11. The molecule has 0 N–H and O–H groups in total. The van der Waals surface area contributed by atoms with Crippen molar-refractivity contribution in [1.29, 1.82) is 10.5 Å². The van der Waals surface area contributed by atoms with Gasteiger partial charge in [-0.3, -0.25) is 0 Å². The number of nitrogens with zero attached hydrogens (tertiary/aromatic N) is 5. The van der Waals surface area contributed by atoms with Crippen LogP contribution in [-0.2, 0) is 0 Å². The van der Waals surface area contributed by atoms with Gasteiger partial charge in [0.05, 0.1) is 57.6 Å². The summed E-state index contributed by atoms with van der Waals surface area (Å²) in [6, 6.07) is 55.3. The Morgan fingerprint density at radius 3 is 1.78 bits per heavy atom. The summed E-state index contributed by atoms with van der Waals surface area (Å²) in [5.41, 5.74) is 10.9. The van der Waals surface area contributed by atoms with Gasteiger partial charge in [-0.05, 0) is 71.3 Å². The van der Waals surface area contributed by atoms with Gasteiger partial charge in [0.25, 0.3) is 0 Å². The molecule has 9 aromatic rings. The molecule has 0 aliphatic carbocycles. The van der Waals surface area contributed by atoms with Gasteiger partial charge >= 0.3 is 0 Å². The number of hydrogen-bond acceptors (Lipinski definition) is 2. The van der Waals surface area contributed by atoms with E-state index in [4.69, 9.17) is 6.57 Å². The van der Waals surface area contributed by atoms with Gasteiger partial charge in [0.2, 0.25) is 5.69 Å². The van der Waals surface area contributed by atoms with Crippen molar-refractivity contribution < 1.29 is 0 Å². The fourth-order valence-corrected chi connectivity index (χ4v) is 7.54. The van der Waals surface area contributed by atoms with Crippen LogP contribution in [0.3, 0.4) is 0 Å². The van der Waals surface area contributed by atoms with E-state index in [0.29, 0.717) is 16.8 Å². The molecular formula is C45H25N5. The maximum Gasteiger partial charge on any atom is 0.211 e. The summed E-state index contributed by atoms with van der Waals surface area (Å²) in [5, 5.41) is 24.5. The average molecular weight is 636 g/mol. The first kappa shape index (κ1) is 28.8. The number of rotatable bonds is 4. The maximum absolute atomic E-state index is 10.5. The van der Waals surface area contributed by atoms with Crippen molar-refractivity contribution in [3.05, 3.63) is 174 Å². The van der Waals surface area contributed by atoms with Gasteiger partial charge < -0.3 is 9.13 Å². The van der Waals surface area contributed by atoms with E-state index in [0.717, 1.165) is 77.2 Å². The van der Waals surface area contributed by atoms with Gasteiger partial charge in [-0.1, -0.05) is 97.1 Å². The second-order valence-corrected chi connectivity index (χ2v) is 12.2. The van der Waals surface area contributed by atoms with Crippen LogP contribution in [0.25, 0.3) is 82.1 Å². The Morgan fingerprint density at radius 1 is 0.500 bits per heavy atom. The molecule has 2 heterocycles. The van der Waals surface area contributed by atoms with Crippen molar-refractivity contribution in [1.82, 2.24) is 9.13 Å². The Labute approximate surface area is 288 Å². The first-order chi connectivity index (χ1) is 24.7. The zero-order valence-electron chi connectivity index (χ0n) is 26.7. The summed E-state index contributed by atoms with van der Waals surface area (Å²) in [6.45, 7) is 8.26. The van der Waals surface area contributed by atoms with E-state index < -0.39 is 0 Å². The lowest BCUT2D eigenvalue weighted by molar-refractivity contribution is 1.18. The van der Waals surface area contributed by atoms with Gasteiger partial charge in [0.15, 0.2) is 0 Å². The van der Waals surface area contributed by atoms with Crippen LogP contribution in [0.4, 0.5) is 5.69 Å². The minimum absolute atomic E-state index is 0.526. The van der Waals surface area contributed by atoms with Crippen molar-refractivity contribution in [3.8, 4) is 45.8 Å². The van der Waals surface area contributed by atoms with E-state index in [1.165, 1.54) is 0 Å². The van der Waals surface area contributed by atoms with Crippen LogP contribution in [0, 0.1) is 29.2 Å². The molecule has 5 heteroatoms. The molecule has 9 rings (SSSR count). The topological polar surface area (TPSA) is 61.8 Å². The molecule has 0 saturated carbocycles. The third kappa shape index (κ3) is 4.24. The lowest BCUT2D eigenvalue weighted by atomic mass is 9.89. The lowest BCUT2D eigenvalue weighted by Crippen LogP contribution is -2.00. The molecule has 0 atom stereocenters. The molecule has 5 nitrogen and oxygen atoms in total. The van der Waals surface area contributed by atoms with E-state index in [2.05, 4.69) is 80.7 Å². The molecule has 230 valence electrons. The minimum atomic E-state index is 0.526. The molecule has 50 heavy (non-hydrogen) atoms. The Kier molecular flexibility index (Phi) is 6.56. The number of nitriles is 2. The molecule has 0 radical (unpaired) electrons. The van der Waals surface area contributed by atoms with Crippen molar-refractivity contribution in [3.63, 3.8) is 0 Å². The highest BCUT2D eigenvalue weighted by atomic mass is 15.0. The van der Waals surface area contributed by atoms with E-state index in [9.17, 15) is 10.5 Å². The molecule has 0 aliphatic heterocycles. The number of para-hydroxylation sites is 4. The van der Waals surface area contributed by atoms with Gasteiger partial charge in [-0.25, -0.2) is 4.85 Å². The minimum Gasteiger partial charge on any atom is -0.318 e. The predicted octanol–water partition coefficient (Wildman–Crippen LogP) is 11.5. The van der Waals surface area contributed by atoms with Crippen molar-refractivity contribution in [2.45, 2.75) is 0 Å². The summed E-state index contributed by atoms with van der Waals surface area (Å²) >= 11 is 0. The summed E-state index contributed by atoms with van der Waals surface area (Å²) < 4.78 is 4.41. The molecule has 0 bridgehead atoms. The molecule has 0 saturated heterocycles. The Bertz CT molecular complexity index is 2920. The largest absolute Gasteiger partial charge is 0.318 e. The quantitative estimate of drug-likeness (QED) is 0.181. The summed E-state index contributed by atoms with van der Waals surface area (Å²) in [5.74, 6) is 0. The molecule has 0 aliphatic rings. The van der Waals surface area contributed by atoms with E-state index >= 15 is 0 Å².